The number of aliphatic hydroxyl groups excluding tert-OH is 1. The molecule has 0 saturated heterocycles. The molecule has 0 heterocycles. The van der Waals surface area contributed by atoms with E-state index in [1.807, 2.05) is 0 Å². The van der Waals surface area contributed by atoms with Gasteiger partial charge in [-0.15, -0.1) is 0 Å². The van der Waals surface area contributed by atoms with Gasteiger partial charge in [0.1, 0.15) is 10.7 Å². The van der Waals surface area contributed by atoms with E-state index in [2.05, 4.69) is 5.32 Å². The van der Waals surface area contributed by atoms with Gasteiger partial charge in [0, 0.05) is 0 Å². The number of aliphatic hydroxyl groups is 1. The van der Waals surface area contributed by atoms with Crippen LogP contribution in [-0.2, 0) is 9.84 Å². The molecule has 1 saturated carbocycles. The average molecular weight is 313 g/mol. The van der Waals surface area contributed by atoms with Crippen LogP contribution in [0.3, 0.4) is 0 Å². The van der Waals surface area contributed by atoms with E-state index in [-0.39, 0.29) is 12.3 Å². The lowest BCUT2D eigenvalue weighted by Crippen LogP contribution is -2.29. The van der Waals surface area contributed by atoms with Crippen molar-refractivity contribution < 1.29 is 31.1 Å². The van der Waals surface area contributed by atoms with Crippen LogP contribution in [0.2, 0.25) is 0 Å². The van der Waals surface area contributed by atoms with E-state index in [0.29, 0.717) is 18.9 Å². The summed E-state index contributed by atoms with van der Waals surface area (Å²) in [6, 6.07) is 2.09. The minimum atomic E-state index is -5.67. The fourth-order valence-electron chi connectivity index (χ4n) is 1.71. The van der Waals surface area contributed by atoms with E-state index in [0.717, 1.165) is 12.1 Å². The van der Waals surface area contributed by atoms with Crippen molar-refractivity contribution in [2.24, 2.45) is 0 Å². The number of hydrogen-bond acceptors (Lipinski definition) is 4. The molecule has 1 aliphatic carbocycles. The summed E-state index contributed by atoms with van der Waals surface area (Å²) in [4.78, 5) is -1.18. The second-order valence-corrected chi connectivity index (χ2v) is 6.56. The van der Waals surface area contributed by atoms with Gasteiger partial charge in [-0.1, -0.05) is 0 Å². The number of sulfone groups is 1. The highest BCUT2D eigenvalue weighted by atomic mass is 32.2. The largest absolute Gasteiger partial charge is 0.501 e. The lowest BCUT2D eigenvalue weighted by molar-refractivity contribution is -0.0435. The molecule has 9 heteroatoms. The highest BCUT2D eigenvalue weighted by Gasteiger charge is 2.49. The van der Waals surface area contributed by atoms with Crippen LogP contribution in [0.1, 0.15) is 12.8 Å². The molecule has 0 amide bonds. The van der Waals surface area contributed by atoms with Gasteiger partial charge in [-0.05, 0) is 31.0 Å². The summed E-state index contributed by atoms with van der Waals surface area (Å²) in [5, 5.41) is 11.7. The van der Waals surface area contributed by atoms with Crippen molar-refractivity contribution in [2.75, 3.05) is 11.9 Å². The number of rotatable bonds is 4. The molecule has 112 valence electrons. The van der Waals surface area contributed by atoms with Crippen LogP contribution < -0.4 is 5.32 Å². The first kappa shape index (κ1) is 15.0. The zero-order chi connectivity index (χ0) is 15.2. The predicted octanol–water partition coefficient (Wildman–Crippen LogP) is 2.06. The second kappa shape index (κ2) is 4.59. The quantitative estimate of drug-likeness (QED) is 0.835. The fraction of sp³-hybridized carbons (Fsp3) is 0.455. The van der Waals surface area contributed by atoms with E-state index in [4.69, 9.17) is 5.11 Å². The van der Waals surface area contributed by atoms with Crippen molar-refractivity contribution in [3.8, 4) is 0 Å². The molecule has 2 rings (SSSR count). The van der Waals surface area contributed by atoms with Crippen molar-refractivity contribution in [3.63, 3.8) is 0 Å². The van der Waals surface area contributed by atoms with E-state index in [9.17, 15) is 26.0 Å². The zero-order valence-electron chi connectivity index (χ0n) is 10.0. The Morgan fingerprint density at radius 1 is 1.30 bits per heavy atom. The van der Waals surface area contributed by atoms with Crippen molar-refractivity contribution in [1.29, 1.82) is 0 Å². The zero-order valence-corrected chi connectivity index (χ0v) is 10.9. The summed E-state index contributed by atoms with van der Waals surface area (Å²) in [6.45, 7) is -0.351. The molecule has 0 spiro atoms. The normalized spacial score (nSPS) is 17.9. The standard InChI is InChI=1S/C11H11F4NO3S/c12-7-1-2-8(16-10(6-17)3-4-10)9(5-7)20(18,19)11(13,14)15/h1-2,5,16-17H,3-4,6H2. The Labute approximate surface area is 112 Å². The molecule has 1 fully saturated rings. The van der Waals surface area contributed by atoms with Crippen molar-refractivity contribution in [2.45, 2.75) is 28.8 Å². The molecule has 1 aromatic carbocycles. The van der Waals surface area contributed by atoms with Crippen LogP contribution in [0.25, 0.3) is 0 Å². The van der Waals surface area contributed by atoms with Gasteiger partial charge < -0.3 is 10.4 Å². The summed E-state index contributed by atoms with van der Waals surface area (Å²) >= 11 is 0. The maximum atomic E-state index is 13.1. The first-order chi connectivity index (χ1) is 9.11. The Morgan fingerprint density at radius 3 is 2.35 bits per heavy atom. The molecule has 2 N–H and O–H groups in total. The highest BCUT2D eigenvalue weighted by Crippen LogP contribution is 2.42. The van der Waals surface area contributed by atoms with Gasteiger partial charge in [0.15, 0.2) is 0 Å². The number of halogens is 4. The second-order valence-electron chi connectivity index (χ2n) is 4.65. The summed E-state index contributed by atoms with van der Waals surface area (Å²) in [5.41, 5.74) is -6.71. The predicted molar refractivity (Wildman–Crippen MR) is 62.3 cm³/mol. The van der Waals surface area contributed by atoms with Crippen LogP contribution in [0.15, 0.2) is 23.1 Å². The van der Waals surface area contributed by atoms with Crippen LogP contribution in [0.4, 0.5) is 23.2 Å². The van der Waals surface area contributed by atoms with Crippen molar-refractivity contribution in [1.82, 2.24) is 0 Å². The minimum Gasteiger partial charge on any atom is -0.394 e. The Bertz CT molecular complexity index is 623. The summed E-state index contributed by atoms with van der Waals surface area (Å²) in [7, 11) is -5.67. The molecule has 0 radical (unpaired) electrons. The fourth-order valence-corrected chi connectivity index (χ4v) is 2.63. The number of hydrogen-bond donors (Lipinski definition) is 2. The lowest BCUT2D eigenvalue weighted by atomic mass is 10.2. The van der Waals surface area contributed by atoms with Crippen LogP contribution in [-0.4, -0.2) is 31.2 Å². The average Bonchev–Trinajstić information content (AvgIpc) is 3.10. The Hall–Kier alpha value is -1.35. The van der Waals surface area contributed by atoms with Gasteiger partial charge >= 0.3 is 5.51 Å². The highest BCUT2D eigenvalue weighted by molar-refractivity contribution is 7.92. The van der Waals surface area contributed by atoms with E-state index < -0.39 is 31.6 Å². The summed E-state index contributed by atoms with van der Waals surface area (Å²) in [5.74, 6) is -1.09. The van der Waals surface area contributed by atoms with Crippen LogP contribution in [0.5, 0.6) is 0 Å². The number of nitrogens with one attached hydrogen (secondary N) is 1. The number of benzene rings is 1. The Morgan fingerprint density at radius 2 is 1.90 bits per heavy atom. The smallest absolute Gasteiger partial charge is 0.394 e. The molecule has 0 unspecified atom stereocenters. The molecule has 0 bridgehead atoms. The lowest BCUT2D eigenvalue weighted by Gasteiger charge is -2.19. The van der Waals surface area contributed by atoms with Crippen molar-refractivity contribution in [3.05, 3.63) is 24.0 Å². The monoisotopic (exact) mass is 313 g/mol. The van der Waals surface area contributed by atoms with Gasteiger partial charge in [0.2, 0.25) is 0 Å². The van der Waals surface area contributed by atoms with Crippen LogP contribution in [0, 0.1) is 5.82 Å². The molecule has 1 aromatic rings. The van der Waals surface area contributed by atoms with Gasteiger partial charge in [0.25, 0.3) is 9.84 Å². The van der Waals surface area contributed by atoms with Crippen LogP contribution >= 0.6 is 0 Å². The number of alkyl halides is 3. The third-order valence-electron chi connectivity index (χ3n) is 3.09. The topological polar surface area (TPSA) is 66.4 Å². The number of anilines is 1. The van der Waals surface area contributed by atoms with Gasteiger partial charge in [0.05, 0.1) is 17.8 Å². The van der Waals surface area contributed by atoms with Gasteiger partial charge in [-0.25, -0.2) is 12.8 Å². The maximum Gasteiger partial charge on any atom is 0.501 e. The molecular formula is C11H11F4NO3S. The molecule has 1 aliphatic rings. The molecule has 4 nitrogen and oxygen atoms in total. The first-order valence-corrected chi connectivity index (χ1v) is 7.10. The third-order valence-corrected chi connectivity index (χ3v) is 4.62. The third kappa shape index (κ3) is 2.59. The van der Waals surface area contributed by atoms with Gasteiger partial charge in [-0.3, -0.25) is 0 Å². The van der Waals surface area contributed by atoms with E-state index >= 15 is 0 Å². The van der Waals surface area contributed by atoms with Crippen molar-refractivity contribution >= 4 is 15.5 Å². The van der Waals surface area contributed by atoms with Gasteiger partial charge in [-0.2, -0.15) is 13.2 Å². The summed E-state index contributed by atoms with van der Waals surface area (Å²) in [6.07, 6.45) is 0.985. The minimum absolute atomic E-state index is 0.318. The molecular weight excluding hydrogens is 302 g/mol. The Balaban J connectivity index is 2.50. The Kier molecular flexibility index (Phi) is 3.45. The van der Waals surface area contributed by atoms with E-state index in [1.54, 1.807) is 0 Å². The summed E-state index contributed by atoms with van der Waals surface area (Å²) < 4.78 is 73.7. The maximum absolute atomic E-state index is 13.1. The SMILES string of the molecule is O=S(=O)(c1cc(F)ccc1NC1(CO)CC1)C(F)(F)F. The molecule has 0 atom stereocenters. The molecule has 0 aromatic heterocycles. The molecule has 0 aliphatic heterocycles. The van der Waals surface area contributed by atoms with E-state index in [1.165, 1.54) is 0 Å². The first-order valence-electron chi connectivity index (χ1n) is 5.61. The molecule has 20 heavy (non-hydrogen) atoms.